The van der Waals surface area contributed by atoms with Crippen molar-refractivity contribution in [1.82, 2.24) is 20.1 Å². The molecule has 0 atom stereocenters. The molecule has 1 fully saturated rings. The number of H-pyrrole nitrogens is 1. The maximum absolute atomic E-state index is 12.3. The van der Waals surface area contributed by atoms with E-state index in [2.05, 4.69) is 20.5 Å². The molecule has 7 nitrogen and oxygen atoms in total. The fourth-order valence-corrected chi connectivity index (χ4v) is 2.99. The molecule has 1 aromatic carbocycles. The highest BCUT2D eigenvalue weighted by atomic mass is 35.5. The average Bonchev–Trinajstić information content (AvgIpc) is 3.03. The highest BCUT2D eigenvalue weighted by Gasteiger charge is 2.26. The van der Waals surface area contributed by atoms with E-state index in [1.807, 2.05) is 18.2 Å². The zero-order valence-electron chi connectivity index (χ0n) is 13.3. The van der Waals surface area contributed by atoms with Gasteiger partial charge >= 0.3 is 0 Å². The Balaban J connectivity index is 1.62. The van der Waals surface area contributed by atoms with E-state index in [1.165, 1.54) is 0 Å². The maximum atomic E-state index is 12.3. The molecular weight excluding hydrogens is 330 g/mol. The number of aromatic amines is 1. The molecule has 2 amide bonds. The smallest absolute Gasteiger partial charge is 0.249 e. The molecule has 0 unspecified atom stereocenters. The Hall–Kier alpha value is -2.41. The minimum absolute atomic E-state index is 0.0483. The second-order valence-electron chi connectivity index (χ2n) is 5.76. The Labute approximate surface area is 144 Å². The molecule has 1 aliphatic rings. The second kappa shape index (κ2) is 7.00. The number of carbonyl (C=O) groups is 2. The molecule has 0 radical (unpaired) electrons. The van der Waals surface area contributed by atoms with Gasteiger partial charge in [0.05, 0.1) is 5.02 Å². The predicted octanol–water partition coefficient (Wildman–Crippen LogP) is 2.32. The predicted molar refractivity (Wildman–Crippen MR) is 90.4 cm³/mol. The van der Waals surface area contributed by atoms with Crippen molar-refractivity contribution in [1.29, 1.82) is 0 Å². The number of carbonyl (C=O) groups excluding carboxylic acids is 2. The van der Waals surface area contributed by atoms with Crippen molar-refractivity contribution in [2.24, 2.45) is 5.92 Å². The molecule has 2 N–H and O–H groups in total. The summed E-state index contributed by atoms with van der Waals surface area (Å²) in [6.45, 7) is 2.75. The number of hydrogen-bond donors (Lipinski definition) is 2. The lowest BCUT2D eigenvalue weighted by molar-refractivity contribution is -0.132. The van der Waals surface area contributed by atoms with E-state index in [4.69, 9.17) is 11.6 Å². The molecule has 24 heavy (non-hydrogen) atoms. The molecule has 1 aromatic heterocycles. The topological polar surface area (TPSA) is 91.0 Å². The molecule has 126 valence electrons. The Morgan fingerprint density at radius 2 is 2.00 bits per heavy atom. The van der Waals surface area contributed by atoms with Gasteiger partial charge in [-0.15, -0.1) is 5.10 Å². The average molecular weight is 348 g/mol. The van der Waals surface area contributed by atoms with Crippen LogP contribution in [0.1, 0.15) is 19.8 Å². The van der Waals surface area contributed by atoms with Crippen LogP contribution in [0.25, 0.3) is 11.4 Å². The quantitative estimate of drug-likeness (QED) is 0.891. The van der Waals surface area contributed by atoms with Crippen LogP contribution in [-0.4, -0.2) is 45.0 Å². The SMILES string of the molecule is CC(=O)N1CCC(C(=O)Nc2n[nH]c(-c3ccccc3Cl)n2)CC1. The minimum atomic E-state index is -0.136. The van der Waals surface area contributed by atoms with Crippen molar-refractivity contribution in [2.45, 2.75) is 19.8 Å². The van der Waals surface area contributed by atoms with E-state index in [0.29, 0.717) is 36.8 Å². The van der Waals surface area contributed by atoms with Crippen LogP contribution in [0.2, 0.25) is 5.02 Å². The first-order valence-electron chi connectivity index (χ1n) is 7.78. The molecule has 0 aliphatic carbocycles. The summed E-state index contributed by atoms with van der Waals surface area (Å²) in [5, 5.41) is 10.1. The highest BCUT2D eigenvalue weighted by Crippen LogP contribution is 2.25. The van der Waals surface area contributed by atoms with Crippen molar-refractivity contribution < 1.29 is 9.59 Å². The van der Waals surface area contributed by atoms with Gasteiger partial charge in [-0.1, -0.05) is 23.7 Å². The van der Waals surface area contributed by atoms with Crippen LogP contribution in [0.5, 0.6) is 0 Å². The van der Waals surface area contributed by atoms with Gasteiger partial charge in [0.2, 0.25) is 17.8 Å². The van der Waals surface area contributed by atoms with Gasteiger partial charge in [-0.2, -0.15) is 4.98 Å². The van der Waals surface area contributed by atoms with Crippen molar-refractivity contribution in [3.05, 3.63) is 29.3 Å². The third-order valence-corrected chi connectivity index (χ3v) is 4.49. The number of amides is 2. The number of rotatable bonds is 3. The minimum Gasteiger partial charge on any atom is -0.343 e. The number of nitrogens with zero attached hydrogens (tertiary/aromatic N) is 3. The first-order valence-corrected chi connectivity index (χ1v) is 8.16. The van der Waals surface area contributed by atoms with Gasteiger partial charge in [0.15, 0.2) is 5.82 Å². The van der Waals surface area contributed by atoms with Crippen LogP contribution in [0, 0.1) is 5.92 Å². The van der Waals surface area contributed by atoms with Crippen LogP contribution >= 0.6 is 11.6 Å². The van der Waals surface area contributed by atoms with Crippen molar-refractivity contribution in [3.8, 4) is 11.4 Å². The lowest BCUT2D eigenvalue weighted by Crippen LogP contribution is -2.40. The van der Waals surface area contributed by atoms with E-state index in [9.17, 15) is 9.59 Å². The Morgan fingerprint density at radius 3 is 2.67 bits per heavy atom. The van der Waals surface area contributed by atoms with E-state index in [0.717, 1.165) is 5.56 Å². The number of piperidine rings is 1. The van der Waals surface area contributed by atoms with E-state index in [1.54, 1.807) is 17.9 Å². The standard InChI is InChI=1S/C16H18ClN5O2/c1-10(23)22-8-6-11(7-9-22)15(24)19-16-18-14(20-21-16)12-4-2-3-5-13(12)17/h2-5,11H,6-9H2,1H3,(H2,18,19,20,21,24). The van der Waals surface area contributed by atoms with Crippen LogP contribution in [0.3, 0.4) is 0 Å². The van der Waals surface area contributed by atoms with Gasteiger partial charge in [0.1, 0.15) is 0 Å². The Bertz CT molecular complexity index is 752. The van der Waals surface area contributed by atoms with Gasteiger partial charge in [-0.25, -0.2) is 0 Å². The molecule has 0 spiro atoms. The van der Waals surface area contributed by atoms with Crippen LogP contribution in [0.15, 0.2) is 24.3 Å². The number of anilines is 1. The summed E-state index contributed by atoms with van der Waals surface area (Å²) in [6.07, 6.45) is 1.29. The van der Waals surface area contributed by atoms with Crippen molar-refractivity contribution in [2.75, 3.05) is 18.4 Å². The summed E-state index contributed by atoms with van der Waals surface area (Å²) in [7, 11) is 0. The lowest BCUT2D eigenvalue weighted by atomic mass is 9.96. The first kappa shape index (κ1) is 16.4. The highest BCUT2D eigenvalue weighted by molar-refractivity contribution is 6.33. The normalized spacial score (nSPS) is 15.3. The molecule has 2 aromatic rings. The summed E-state index contributed by atoms with van der Waals surface area (Å²) in [4.78, 5) is 29.7. The van der Waals surface area contributed by atoms with Gasteiger partial charge in [0.25, 0.3) is 0 Å². The molecule has 3 rings (SSSR count). The van der Waals surface area contributed by atoms with Crippen LogP contribution in [-0.2, 0) is 9.59 Å². The molecular formula is C16H18ClN5O2. The van der Waals surface area contributed by atoms with Gasteiger partial charge < -0.3 is 4.90 Å². The lowest BCUT2D eigenvalue weighted by Gasteiger charge is -2.30. The number of likely N-dealkylation sites (tertiary alicyclic amines) is 1. The Kier molecular flexibility index (Phi) is 4.80. The summed E-state index contributed by atoms with van der Waals surface area (Å²) >= 11 is 6.13. The van der Waals surface area contributed by atoms with Crippen molar-refractivity contribution >= 4 is 29.4 Å². The summed E-state index contributed by atoms with van der Waals surface area (Å²) in [6, 6.07) is 7.27. The maximum Gasteiger partial charge on any atom is 0.249 e. The monoisotopic (exact) mass is 347 g/mol. The first-order chi connectivity index (χ1) is 11.5. The van der Waals surface area contributed by atoms with Gasteiger partial charge in [-0.05, 0) is 25.0 Å². The van der Waals surface area contributed by atoms with Gasteiger partial charge in [-0.3, -0.25) is 20.0 Å². The third kappa shape index (κ3) is 3.56. The molecule has 8 heteroatoms. The summed E-state index contributed by atoms with van der Waals surface area (Å²) < 4.78 is 0. The zero-order chi connectivity index (χ0) is 17.1. The number of hydrogen-bond acceptors (Lipinski definition) is 4. The van der Waals surface area contributed by atoms with Crippen LogP contribution < -0.4 is 5.32 Å². The fraction of sp³-hybridized carbons (Fsp3) is 0.375. The molecule has 2 heterocycles. The summed E-state index contributed by atoms with van der Waals surface area (Å²) in [5.74, 6) is 0.518. The van der Waals surface area contributed by atoms with E-state index >= 15 is 0 Å². The Morgan fingerprint density at radius 1 is 1.29 bits per heavy atom. The molecule has 0 saturated carbocycles. The van der Waals surface area contributed by atoms with Crippen molar-refractivity contribution in [3.63, 3.8) is 0 Å². The fourth-order valence-electron chi connectivity index (χ4n) is 2.76. The number of aromatic nitrogens is 3. The van der Waals surface area contributed by atoms with E-state index < -0.39 is 0 Å². The second-order valence-corrected chi connectivity index (χ2v) is 6.16. The van der Waals surface area contributed by atoms with Crippen LogP contribution in [0.4, 0.5) is 5.95 Å². The third-order valence-electron chi connectivity index (χ3n) is 4.16. The van der Waals surface area contributed by atoms with Gasteiger partial charge in [0, 0.05) is 31.5 Å². The largest absolute Gasteiger partial charge is 0.343 e. The molecule has 0 bridgehead atoms. The molecule has 1 saturated heterocycles. The molecule has 1 aliphatic heterocycles. The zero-order valence-corrected chi connectivity index (χ0v) is 14.0. The van der Waals surface area contributed by atoms with E-state index in [-0.39, 0.29) is 23.7 Å². The number of benzene rings is 1. The number of nitrogens with one attached hydrogen (secondary N) is 2. The summed E-state index contributed by atoms with van der Waals surface area (Å²) in [5.41, 5.74) is 0.724. The number of halogens is 1.